The van der Waals surface area contributed by atoms with E-state index in [1.165, 1.54) is 0 Å². The fourth-order valence-electron chi connectivity index (χ4n) is 2.03. The predicted molar refractivity (Wildman–Crippen MR) is 74.0 cm³/mol. The van der Waals surface area contributed by atoms with E-state index in [0.29, 0.717) is 24.7 Å². The van der Waals surface area contributed by atoms with Gasteiger partial charge in [-0.3, -0.25) is 9.59 Å². The minimum absolute atomic E-state index is 0.187. The summed E-state index contributed by atoms with van der Waals surface area (Å²) in [7, 11) is 0. The fourth-order valence-corrected chi connectivity index (χ4v) is 2.03. The van der Waals surface area contributed by atoms with E-state index in [2.05, 4.69) is 0 Å². The second-order valence-corrected chi connectivity index (χ2v) is 6.00. The van der Waals surface area contributed by atoms with Crippen LogP contribution in [0.4, 0.5) is 0 Å². The normalized spacial score (nSPS) is 15.2. The summed E-state index contributed by atoms with van der Waals surface area (Å²) in [5.74, 6) is -0.375. The Hall–Kier alpha value is -0.740. The maximum absolute atomic E-state index is 12.0. The molecule has 0 radical (unpaired) electrons. The molecule has 0 heterocycles. The summed E-state index contributed by atoms with van der Waals surface area (Å²) in [6.07, 6.45) is 1.21. The Morgan fingerprint density at radius 2 is 1.06 bits per heavy atom. The van der Waals surface area contributed by atoms with Crippen LogP contribution in [-0.4, -0.2) is 23.7 Å². The third kappa shape index (κ3) is 5.74. The van der Waals surface area contributed by atoms with Crippen molar-refractivity contribution in [3.05, 3.63) is 0 Å². The van der Waals surface area contributed by atoms with E-state index in [4.69, 9.17) is 11.5 Å². The van der Waals surface area contributed by atoms with Gasteiger partial charge in [-0.25, -0.2) is 0 Å². The summed E-state index contributed by atoms with van der Waals surface area (Å²) in [5.41, 5.74) is 11.6. The SMILES string of the molecule is CC(C)C[C@H](N)C(=O)C(C)C(=O)[C@@H](N)CC(C)C. The number of carbonyl (C=O) groups excluding carboxylic acids is 2. The third-order valence-electron chi connectivity index (χ3n) is 3.04. The van der Waals surface area contributed by atoms with Crippen molar-refractivity contribution in [3.63, 3.8) is 0 Å². The van der Waals surface area contributed by atoms with Crippen molar-refractivity contribution < 1.29 is 9.59 Å². The van der Waals surface area contributed by atoms with Crippen LogP contribution >= 0.6 is 0 Å². The lowest BCUT2D eigenvalue weighted by Gasteiger charge is -2.20. The number of ketones is 2. The maximum Gasteiger partial charge on any atom is 0.159 e. The van der Waals surface area contributed by atoms with Crippen molar-refractivity contribution in [3.8, 4) is 0 Å². The van der Waals surface area contributed by atoms with Crippen LogP contribution in [0.15, 0.2) is 0 Å². The van der Waals surface area contributed by atoms with Crippen LogP contribution in [0.2, 0.25) is 0 Å². The van der Waals surface area contributed by atoms with Gasteiger partial charge in [-0.2, -0.15) is 0 Å². The first-order valence-electron chi connectivity index (χ1n) is 6.75. The van der Waals surface area contributed by atoms with Crippen LogP contribution in [-0.2, 0) is 9.59 Å². The second kappa shape index (κ2) is 7.64. The standard InChI is InChI=1S/C14H28N2O2/c1-8(2)6-11(15)13(17)10(5)14(18)12(16)7-9(3)4/h8-12H,6-7,15-16H2,1-5H3/t11-,12-/m0/s1. The number of carbonyl (C=O) groups is 2. The van der Waals surface area contributed by atoms with Crippen LogP contribution < -0.4 is 11.5 Å². The second-order valence-electron chi connectivity index (χ2n) is 6.00. The summed E-state index contributed by atoms with van der Waals surface area (Å²) in [6.45, 7) is 9.63. The Bertz CT molecular complexity index is 260. The zero-order chi connectivity index (χ0) is 14.5. The van der Waals surface area contributed by atoms with E-state index >= 15 is 0 Å². The van der Waals surface area contributed by atoms with Gasteiger partial charge >= 0.3 is 0 Å². The molecule has 0 aliphatic heterocycles. The highest BCUT2D eigenvalue weighted by Gasteiger charge is 2.30. The summed E-state index contributed by atoms with van der Waals surface area (Å²) < 4.78 is 0. The molecule has 0 saturated heterocycles. The molecule has 0 saturated carbocycles. The summed E-state index contributed by atoms with van der Waals surface area (Å²) in [5, 5.41) is 0. The van der Waals surface area contributed by atoms with Crippen LogP contribution in [0.5, 0.6) is 0 Å². The quantitative estimate of drug-likeness (QED) is 0.644. The molecule has 4 nitrogen and oxygen atoms in total. The van der Waals surface area contributed by atoms with Crippen LogP contribution in [0.3, 0.4) is 0 Å². The van der Waals surface area contributed by atoms with Gasteiger partial charge in [-0.1, -0.05) is 27.7 Å². The summed E-state index contributed by atoms with van der Waals surface area (Å²) in [6, 6.07) is -1.12. The van der Waals surface area contributed by atoms with E-state index in [1.54, 1.807) is 6.92 Å². The van der Waals surface area contributed by atoms with E-state index < -0.39 is 18.0 Å². The van der Waals surface area contributed by atoms with E-state index in [9.17, 15) is 9.59 Å². The average Bonchev–Trinajstić information content (AvgIpc) is 2.24. The number of Topliss-reactive ketones (excluding diaryl/α,β-unsaturated/α-hetero) is 2. The number of nitrogens with two attached hydrogens (primary N) is 2. The number of rotatable bonds is 8. The molecule has 0 aromatic carbocycles. The predicted octanol–water partition coefficient (Wildman–Crippen LogP) is 1.51. The smallest absolute Gasteiger partial charge is 0.159 e. The fraction of sp³-hybridized carbons (Fsp3) is 0.857. The molecule has 0 aliphatic rings. The monoisotopic (exact) mass is 256 g/mol. The molecular weight excluding hydrogens is 228 g/mol. The minimum atomic E-state index is -0.688. The highest BCUT2D eigenvalue weighted by molar-refractivity contribution is 6.06. The molecule has 0 fully saturated rings. The van der Waals surface area contributed by atoms with Gasteiger partial charge in [0.05, 0.1) is 18.0 Å². The highest BCUT2D eigenvalue weighted by atomic mass is 16.2. The van der Waals surface area contributed by atoms with Gasteiger partial charge in [0.1, 0.15) is 0 Å². The molecule has 0 aromatic heterocycles. The first-order chi connectivity index (χ1) is 8.16. The summed E-state index contributed by atoms with van der Waals surface area (Å²) in [4.78, 5) is 24.0. The Labute approximate surface area is 110 Å². The van der Waals surface area contributed by atoms with Crippen molar-refractivity contribution in [2.45, 2.75) is 59.5 Å². The molecule has 4 heteroatoms. The van der Waals surface area contributed by atoms with Crippen LogP contribution in [0, 0.1) is 17.8 Å². The maximum atomic E-state index is 12.0. The molecule has 0 amide bonds. The lowest BCUT2D eigenvalue weighted by atomic mass is 9.87. The van der Waals surface area contributed by atoms with Crippen LogP contribution in [0.25, 0.3) is 0 Å². The van der Waals surface area contributed by atoms with Crippen LogP contribution in [0.1, 0.15) is 47.5 Å². The lowest BCUT2D eigenvalue weighted by Crippen LogP contribution is -2.44. The van der Waals surface area contributed by atoms with Crippen molar-refractivity contribution in [1.29, 1.82) is 0 Å². The van der Waals surface area contributed by atoms with Gasteiger partial charge in [0.15, 0.2) is 11.6 Å². The van der Waals surface area contributed by atoms with Gasteiger partial charge in [0.2, 0.25) is 0 Å². The molecule has 0 rings (SSSR count). The molecule has 0 aromatic rings. The van der Waals surface area contributed by atoms with E-state index in [1.807, 2.05) is 27.7 Å². The number of hydrogen-bond donors (Lipinski definition) is 2. The third-order valence-corrected chi connectivity index (χ3v) is 3.04. The molecular formula is C14H28N2O2. The largest absolute Gasteiger partial charge is 0.321 e. The molecule has 0 aliphatic carbocycles. The first kappa shape index (κ1) is 17.3. The molecule has 0 bridgehead atoms. The Morgan fingerprint density at radius 3 is 1.28 bits per heavy atom. The van der Waals surface area contributed by atoms with Crippen molar-refractivity contribution in [2.75, 3.05) is 0 Å². The van der Waals surface area contributed by atoms with Gasteiger partial charge in [-0.05, 0) is 31.6 Å². The van der Waals surface area contributed by atoms with Crippen molar-refractivity contribution in [1.82, 2.24) is 0 Å². The number of hydrogen-bond acceptors (Lipinski definition) is 4. The highest BCUT2D eigenvalue weighted by Crippen LogP contribution is 2.13. The summed E-state index contributed by atoms with van der Waals surface area (Å²) >= 11 is 0. The Kier molecular flexibility index (Phi) is 7.33. The first-order valence-corrected chi connectivity index (χ1v) is 6.75. The molecule has 2 atom stereocenters. The van der Waals surface area contributed by atoms with Gasteiger partial charge in [-0.15, -0.1) is 0 Å². The Morgan fingerprint density at radius 1 is 0.778 bits per heavy atom. The molecule has 18 heavy (non-hydrogen) atoms. The lowest BCUT2D eigenvalue weighted by molar-refractivity contribution is -0.134. The molecule has 4 N–H and O–H groups in total. The molecule has 0 spiro atoms. The van der Waals surface area contributed by atoms with Gasteiger partial charge in [0.25, 0.3) is 0 Å². The van der Waals surface area contributed by atoms with Gasteiger partial charge in [0, 0.05) is 0 Å². The average molecular weight is 256 g/mol. The van der Waals surface area contributed by atoms with Gasteiger partial charge < -0.3 is 11.5 Å². The zero-order valence-corrected chi connectivity index (χ0v) is 12.3. The van der Waals surface area contributed by atoms with Crippen molar-refractivity contribution in [2.24, 2.45) is 29.2 Å². The van der Waals surface area contributed by atoms with Crippen molar-refractivity contribution >= 4 is 11.6 Å². The topological polar surface area (TPSA) is 86.2 Å². The van der Waals surface area contributed by atoms with E-state index in [-0.39, 0.29) is 11.6 Å². The Balaban J connectivity index is 4.49. The molecule has 106 valence electrons. The van der Waals surface area contributed by atoms with E-state index in [0.717, 1.165) is 0 Å². The minimum Gasteiger partial charge on any atom is -0.321 e. The molecule has 0 unspecified atom stereocenters. The zero-order valence-electron chi connectivity index (χ0n) is 12.3.